The summed E-state index contributed by atoms with van der Waals surface area (Å²) in [5.74, 6) is 1.68. The molecule has 6 nitrogen and oxygen atoms in total. The van der Waals surface area contributed by atoms with Crippen molar-refractivity contribution in [1.82, 2.24) is 19.5 Å². The largest absolute Gasteiger partial charge is 0.456 e. The highest BCUT2D eigenvalue weighted by Crippen LogP contribution is 2.41. The maximum Gasteiger partial charge on any atom is 0.238 e. The lowest BCUT2D eigenvalue weighted by atomic mass is 9.98. The zero-order valence-electron chi connectivity index (χ0n) is 27.1. The Morgan fingerprint density at radius 3 is 1.86 bits per heavy atom. The number of furan rings is 2. The van der Waals surface area contributed by atoms with Gasteiger partial charge in [0.15, 0.2) is 11.6 Å². The van der Waals surface area contributed by atoms with Gasteiger partial charge in [-0.15, -0.1) is 0 Å². The van der Waals surface area contributed by atoms with Gasteiger partial charge in [0.1, 0.15) is 22.3 Å². The Balaban J connectivity index is 1.14. The molecule has 0 fully saturated rings. The Bertz CT molecular complexity index is 3100. The van der Waals surface area contributed by atoms with E-state index in [0.29, 0.717) is 17.6 Å². The number of hydrogen-bond acceptors (Lipinski definition) is 5. The summed E-state index contributed by atoms with van der Waals surface area (Å²) in [7, 11) is 0. The molecule has 0 radical (unpaired) electrons. The highest BCUT2D eigenvalue weighted by atomic mass is 16.3. The minimum Gasteiger partial charge on any atom is -0.456 e. The molecule has 0 aliphatic rings. The quantitative estimate of drug-likeness (QED) is 0.189. The molecule has 0 spiro atoms. The summed E-state index contributed by atoms with van der Waals surface area (Å²) in [6, 6.07) is 53.8. The molecule has 11 aromatic rings. The van der Waals surface area contributed by atoms with E-state index in [1.54, 1.807) is 0 Å². The molecule has 0 aliphatic heterocycles. The van der Waals surface area contributed by atoms with Crippen LogP contribution in [-0.2, 0) is 0 Å². The zero-order valence-corrected chi connectivity index (χ0v) is 27.1. The predicted molar refractivity (Wildman–Crippen MR) is 205 cm³/mol. The van der Waals surface area contributed by atoms with E-state index < -0.39 is 0 Å². The lowest BCUT2D eigenvalue weighted by Crippen LogP contribution is -2.06. The summed E-state index contributed by atoms with van der Waals surface area (Å²) >= 11 is 0. The highest BCUT2D eigenvalue weighted by Gasteiger charge is 2.21. The van der Waals surface area contributed by atoms with E-state index in [-0.39, 0.29) is 0 Å². The summed E-state index contributed by atoms with van der Waals surface area (Å²) in [5, 5.41) is 6.51. The van der Waals surface area contributed by atoms with Gasteiger partial charge in [-0.3, -0.25) is 4.57 Å². The fraction of sp³-hybridized carbons (Fsp3) is 0. The monoisotopic (exact) mass is 654 g/mol. The van der Waals surface area contributed by atoms with Gasteiger partial charge in [-0.2, -0.15) is 9.97 Å². The Labute approximate surface area is 290 Å². The topological polar surface area (TPSA) is 69.9 Å². The molecular formula is C45H26N4O2. The van der Waals surface area contributed by atoms with Gasteiger partial charge in [-0.05, 0) is 53.6 Å². The first-order chi connectivity index (χ1) is 25.3. The van der Waals surface area contributed by atoms with Crippen LogP contribution < -0.4 is 0 Å². The number of benzene rings is 7. The molecule has 0 saturated carbocycles. The maximum atomic E-state index is 6.77. The van der Waals surface area contributed by atoms with E-state index >= 15 is 0 Å². The third-order valence-corrected chi connectivity index (χ3v) is 9.89. The minimum atomic E-state index is 0.542. The van der Waals surface area contributed by atoms with Crippen LogP contribution in [0.15, 0.2) is 167 Å². The first-order valence-corrected chi connectivity index (χ1v) is 16.9. The molecule has 0 N–H and O–H groups in total. The van der Waals surface area contributed by atoms with Gasteiger partial charge in [0.25, 0.3) is 0 Å². The molecule has 0 aliphatic carbocycles. The van der Waals surface area contributed by atoms with Crippen molar-refractivity contribution < 1.29 is 8.83 Å². The number of nitrogens with zero attached hydrogens (tertiary/aromatic N) is 4. The Kier molecular flexibility index (Phi) is 5.86. The Morgan fingerprint density at radius 1 is 0.392 bits per heavy atom. The van der Waals surface area contributed by atoms with Crippen LogP contribution in [0.4, 0.5) is 0 Å². The van der Waals surface area contributed by atoms with Crippen LogP contribution in [0.1, 0.15) is 0 Å². The molecule has 0 amide bonds. The van der Waals surface area contributed by atoms with Gasteiger partial charge < -0.3 is 8.83 Å². The van der Waals surface area contributed by atoms with Gasteiger partial charge >= 0.3 is 0 Å². The average Bonchev–Trinajstić information content (AvgIpc) is 3.87. The van der Waals surface area contributed by atoms with Crippen molar-refractivity contribution in [3.05, 3.63) is 158 Å². The Hall–Kier alpha value is -7.05. The summed E-state index contributed by atoms with van der Waals surface area (Å²) in [4.78, 5) is 15.3. The van der Waals surface area contributed by atoms with Crippen molar-refractivity contribution in [3.63, 3.8) is 0 Å². The first-order valence-electron chi connectivity index (χ1n) is 16.9. The van der Waals surface area contributed by atoms with E-state index in [1.807, 2.05) is 66.7 Å². The smallest absolute Gasteiger partial charge is 0.238 e. The van der Waals surface area contributed by atoms with E-state index in [4.69, 9.17) is 23.8 Å². The molecule has 51 heavy (non-hydrogen) atoms. The van der Waals surface area contributed by atoms with Gasteiger partial charge in [-0.25, -0.2) is 4.98 Å². The van der Waals surface area contributed by atoms with Crippen LogP contribution in [0.3, 0.4) is 0 Å². The lowest BCUT2D eigenvalue weighted by molar-refractivity contribution is 0.668. The highest BCUT2D eigenvalue weighted by molar-refractivity contribution is 6.14. The van der Waals surface area contributed by atoms with Crippen LogP contribution in [0.25, 0.3) is 106 Å². The van der Waals surface area contributed by atoms with Crippen LogP contribution >= 0.6 is 0 Å². The standard InChI is InChI=1S/C45H26N4O2/c1-2-12-27(13-3-1)43-46-44(48-45(47-43)49-36-20-7-4-14-30(36)31-15-5-8-21-37(31)49)35-19-10-18-33-32-25-24-28(26-40(32)51-42(33)35)29-17-11-23-39-41(29)34-16-6-9-22-38(34)50-39/h1-26H. The first kappa shape index (κ1) is 27.9. The fourth-order valence-corrected chi connectivity index (χ4v) is 7.60. The number of aromatic nitrogens is 4. The molecule has 238 valence electrons. The van der Waals surface area contributed by atoms with Gasteiger partial charge in [-0.1, -0.05) is 115 Å². The summed E-state index contributed by atoms with van der Waals surface area (Å²) in [6.07, 6.45) is 0. The molecule has 0 saturated heterocycles. The van der Waals surface area contributed by atoms with Crippen molar-refractivity contribution in [1.29, 1.82) is 0 Å². The van der Waals surface area contributed by atoms with Crippen LogP contribution in [0.2, 0.25) is 0 Å². The van der Waals surface area contributed by atoms with E-state index in [2.05, 4.69) is 95.6 Å². The van der Waals surface area contributed by atoms with E-state index in [9.17, 15) is 0 Å². The molecule has 4 aromatic heterocycles. The van der Waals surface area contributed by atoms with Crippen molar-refractivity contribution in [2.24, 2.45) is 0 Å². The SMILES string of the molecule is c1ccc(-c2nc(-c3cccc4c3oc3cc(-c5cccc6oc7ccccc7c56)ccc34)nc(-n3c4ccccc4c4ccccc43)n2)cc1. The normalized spacial score (nSPS) is 11.9. The molecule has 0 atom stereocenters. The van der Waals surface area contributed by atoms with Gasteiger partial charge in [0, 0.05) is 37.9 Å². The van der Waals surface area contributed by atoms with Crippen molar-refractivity contribution in [2.75, 3.05) is 0 Å². The number of rotatable bonds is 4. The molecule has 0 unspecified atom stereocenters. The van der Waals surface area contributed by atoms with Crippen LogP contribution in [-0.4, -0.2) is 19.5 Å². The van der Waals surface area contributed by atoms with Crippen molar-refractivity contribution in [2.45, 2.75) is 0 Å². The van der Waals surface area contributed by atoms with E-state index in [1.165, 1.54) is 0 Å². The second kappa shape index (κ2) is 10.7. The summed E-state index contributed by atoms with van der Waals surface area (Å²) < 4.78 is 15.1. The number of fused-ring (bicyclic) bond motifs is 9. The van der Waals surface area contributed by atoms with Crippen molar-refractivity contribution in [3.8, 4) is 39.9 Å². The third kappa shape index (κ3) is 4.20. The number of para-hydroxylation sites is 4. The van der Waals surface area contributed by atoms with Crippen LogP contribution in [0, 0.1) is 0 Å². The molecule has 6 heteroatoms. The van der Waals surface area contributed by atoms with Gasteiger partial charge in [0.2, 0.25) is 5.95 Å². The second-order valence-corrected chi connectivity index (χ2v) is 12.8. The summed E-state index contributed by atoms with van der Waals surface area (Å²) in [6.45, 7) is 0. The zero-order chi connectivity index (χ0) is 33.5. The third-order valence-electron chi connectivity index (χ3n) is 9.89. The van der Waals surface area contributed by atoms with Crippen molar-refractivity contribution >= 4 is 65.7 Å². The lowest BCUT2D eigenvalue weighted by Gasteiger charge is -2.11. The summed E-state index contributed by atoms with van der Waals surface area (Å²) in [5.41, 5.74) is 9.19. The van der Waals surface area contributed by atoms with Crippen LogP contribution in [0.5, 0.6) is 0 Å². The predicted octanol–water partition coefficient (Wildman–Crippen LogP) is 11.8. The molecule has 0 bridgehead atoms. The minimum absolute atomic E-state index is 0.542. The molecule has 4 heterocycles. The maximum absolute atomic E-state index is 6.77. The molecule has 7 aromatic carbocycles. The second-order valence-electron chi connectivity index (χ2n) is 12.8. The fourth-order valence-electron chi connectivity index (χ4n) is 7.60. The average molecular weight is 655 g/mol. The molecule has 11 rings (SSSR count). The van der Waals surface area contributed by atoms with Gasteiger partial charge in [0.05, 0.1) is 16.6 Å². The Morgan fingerprint density at radius 2 is 1.04 bits per heavy atom. The molecular weight excluding hydrogens is 629 g/mol. The number of hydrogen-bond donors (Lipinski definition) is 0. The van der Waals surface area contributed by atoms with E-state index in [0.717, 1.165) is 87.9 Å².